The highest BCUT2D eigenvalue weighted by Gasteiger charge is 2.29. The van der Waals surface area contributed by atoms with Crippen LogP contribution in [0.3, 0.4) is 0 Å². The van der Waals surface area contributed by atoms with Gasteiger partial charge in [0.05, 0.1) is 5.56 Å². The van der Waals surface area contributed by atoms with E-state index in [1.165, 1.54) is 18.2 Å². The summed E-state index contributed by atoms with van der Waals surface area (Å²) in [6.45, 7) is 0.0930. The number of hydrogen-bond acceptors (Lipinski definition) is 2. The minimum absolute atomic E-state index is 0.00517. The Morgan fingerprint density at radius 2 is 1.58 bits per heavy atom. The maximum atomic E-state index is 12.4. The van der Waals surface area contributed by atoms with E-state index in [2.05, 4.69) is 0 Å². The maximum Gasteiger partial charge on any atom is 0.416 e. The molecule has 2 aromatic rings. The molecule has 5 heteroatoms. The second-order valence-corrected chi connectivity index (χ2v) is 3.95. The molecule has 0 aliphatic heterocycles. The lowest BCUT2D eigenvalue weighted by Crippen LogP contribution is -2.05. The first kappa shape index (κ1) is 13.3. The average molecular weight is 268 g/mol. The van der Waals surface area contributed by atoms with Gasteiger partial charge in [-0.25, -0.2) is 0 Å². The molecule has 0 radical (unpaired) electrons. The van der Waals surface area contributed by atoms with Gasteiger partial charge >= 0.3 is 6.18 Å². The molecule has 19 heavy (non-hydrogen) atoms. The second kappa shape index (κ2) is 5.22. The molecule has 0 bridgehead atoms. The molecule has 0 atom stereocenters. The zero-order chi connectivity index (χ0) is 13.9. The van der Waals surface area contributed by atoms with Crippen molar-refractivity contribution in [2.75, 3.05) is 0 Å². The van der Waals surface area contributed by atoms with Crippen molar-refractivity contribution in [3.63, 3.8) is 0 Å². The van der Waals surface area contributed by atoms with Crippen molar-refractivity contribution in [3.8, 4) is 11.5 Å². The van der Waals surface area contributed by atoms with Gasteiger partial charge in [0.15, 0.2) is 11.5 Å². The van der Waals surface area contributed by atoms with Gasteiger partial charge in [-0.05, 0) is 29.8 Å². The molecular formula is C14H11F3O2. The number of para-hydroxylation sites is 2. The quantitative estimate of drug-likeness (QED) is 0.912. The van der Waals surface area contributed by atoms with E-state index in [1.807, 2.05) is 0 Å². The monoisotopic (exact) mass is 268 g/mol. The topological polar surface area (TPSA) is 29.5 Å². The van der Waals surface area contributed by atoms with Crippen LogP contribution in [0.4, 0.5) is 13.2 Å². The van der Waals surface area contributed by atoms with Crippen LogP contribution in [0, 0.1) is 0 Å². The van der Waals surface area contributed by atoms with Crippen LogP contribution in [-0.4, -0.2) is 5.11 Å². The standard InChI is InChI=1S/C14H11F3O2/c15-14(16,17)11-7-5-10(6-8-11)9-19-13-4-2-1-3-12(13)18/h1-8,18H,9H2. The van der Waals surface area contributed by atoms with Gasteiger partial charge in [0, 0.05) is 0 Å². The highest BCUT2D eigenvalue weighted by molar-refractivity contribution is 5.38. The smallest absolute Gasteiger partial charge is 0.416 e. The summed E-state index contributed by atoms with van der Waals surface area (Å²) in [5, 5.41) is 9.47. The predicted octanol–water partition coefficient (Wildman–Crippen LogP) is 3.99. The third-order valence-corrected chi connectivity index (χ3v) is 2.54. The van der Waals surface area contributed by atoms with Gasteiger partial charge in [0.25, 0.3) is 0 Å². The lowest BCUT2D eigenvalue weighted by molar-refractivity contribution is -0.137. The number of rotatable bonds is 3. The highest BCUT2D eigenvalue weighted by Crippen LogP contribution is 2.29. The maximum absolute atomic E-state index is 12.4. The van der Waals surface area contributed by atoms with E-state index in [0.717, 1.165) is 12.1 Å². The van der Waals surface area contributed by atoms with Gasteiger partial charge in [-0.15, -0.1) is 0 Å². The largest absolute Gasteiger partial charge is 0.504 e. The summed E-state index contributed by atoms with van der Waals surface area (Å²) in [6.07, 6.45) is -4.34. The molecule has 2 nitrogen and oxygen atoms in total. The molecule has 0 aliphatic carbocycles. The lowest BCUT2D eigenvalue weighted by atomic mass is 10.1. The number of hydrogen-bond donors (Lipinski definition) is 1. The van der Waals surface area contributed by atoms with E-state index in [-0.39, 0.29) is 12.4 Å². The normalized spacial score (nSPS) is 11.3. The Hall–Kier alpha value is -2.17. The Morgan fingerprint density at radius 3 is 2.16 bits per heavy atom. The Kier molecular flexibility index (Phi) is 3.64. The number of aromatic hydroxyl groups is 1. The Labute approximate surface area is 108 Å². The molecule has 0 aromatic heterocycles. The number of benzene rings is 2. The van der Waals surface area contributed by atoms with Crippen molar-refractivity contribution in [2.45, 2.75) is 12.8 Å². The van der Waals surface area contributed by atoms with E-state index in [0.29, 0.717) is 11.3 Å². The zero-order valence-electron chi connectivity index (χ0n) is 9.82. The summed E-state index contributed by atoms with van der Waals surface area (Å²) in [4.78, 5) is 0. The summed E-state index contributed by atoms with van der Waals surface area (Å²) in [5.41, 5.74) is -0.102. The first-order valence-corrected chi connectivity index (χ1v) is 5.54. The van der Waals surface area contributed by atoms with Crippen molar-refractivity contribution in [1.29, 1.82) is 0 Å². The van der Waals surface area contributed by atoms with Crippen LogP contribution in [0.1, 0.15) is 11.1 Å². The van der Waals surface area contributed by atoms with Crippen molar-refractivity contribution in [2.24, 2.45) is 0 Å². The van der Waals surface area contributed by atoms with Crippen LogP contribution in [0.25, 0.3) is 0 Å². The number of phenolic OH excluding ortho intramolecular Hbond substituents is 1. The molecular weight excluding hydrogens is 257 g/mol. The second-order valence-electron chi connectivity index (χ2n) is 3.95. The third-order valence-electron chi connectivity index (χ3n) is 2.54. The molecule has 2 aromatic carbocycles. The molecule has 2 rings (SSSR count). The zero-order valence-corrected chi connectivity index (χ0v) is 9.82. The third kappa shape index (κ3) is 3.40. The molecule has 100 valence electrons. The van der Waals surface area contributed by atoms with Gasteiger partial charge in [-0.2, -0.15) is 13.2 Å². The molecule has 0 fully saturated rings. The Morgan fingerprint density at radius 1 is 0.947 bits per heavy atom. The number of ether oxygens (including phenoxy) is 1. The van der Waals surface area contributed by atoms with Crippen LogP contribution in [0.15, 0.2) is 48.5 Å². The minimum atomic E-state index is -4.34. The highest BCUT2D eigenvalue weighted by atomic mass is 19.4. The van der Waals surface area contributed by atoms with Gasteiger partial charge in [-0.3, -0.25) is 0 Å². The summed E-state index contributed by atoms with van der Waals surface area (Å²) in [6, 6.07) is 11.1. The van der Waals surface area contributed by atoms with Gasteiger partial charge in [-0.1, -0.05) is 24.3 Å². The first-order chi connectivity index (χ1) is 8.97. The molecule has 0 spiro atoms. The van der Waals surface area contributed by atoms with Crippen molar-refractivity contribution < 1.29 is 23.0 Å². The SMILES string of the molecule is Oc1ccccc1OCc1ccc(C(F)(F)F)cc1. The molecule has 0 amide bonds. The summed E-state index contributed by atoms with van der Waals surface area (Å²) in [7, 11) is 0. The minimum Gasteiger partial charge on any atom is -0.504 e. The van der Waals surface area contributed by atoms with Gasteiger partial charge in [0.2, 0.25) is 0 Å². The molecule has 0 heterocycles. The average Bonchev–Trinajstić information content (AvgIpc) is 2.37. The fourth-order valence-corrected chi connectivity index (χ4v) is 1.53. The summed E-state index contributed by atoms with van der Waals surface area (Å²) < 4.78 is 42.4. The van der Waals surface area contributed by atoms with E-state index in [1.54, 1.807) is 18.2 Å². The fraction of sp³-hybridized carbons (Fsp3) is 0.143. The van der Waals surface area contributed by atoms with E-state index >= 15 is 0 Å². The van der Waals surface area contributed by atoms with Gasteiger partial charge in [0.1, 0.15) is 6.61 Å². The molecule has 0 unspecified atom stereocenters. The Balaban J connectivity index is 2.03. The molecule has 0 saturated carbocycles. The van der Waals surface area contributed by atoms with E-state index in [4.69, 9.17) is 4.74 Å². The number of halogens is 3. The lowest BCUT2D eigenvalue weighted by Gasteiger charge is -2.09. The number of phenols is 1. The van der Waals surface area contributed by atoms with E-state index < -0.39 is 11.7 Å². The van der Waals surface area contributed by atoms with Crippen LogP contribution >= 0.6 is 0 Å². The van der Waals surface area contributed by atoms with Crippen LogP contribution in [0.5, 0.6) is 11.5 Å². The summed E-state index contributed by atoms with van der Waals surface area (Å²) in [5.74, 6) is 0.289. The first-order valence-electron chi connectivity index (χ1n) is 5.54. The Bertz CT molecular complexity index is 547. The van der Waals surface area contributed by atoms with Crippen molar-refractivity contribution in [3.05, 3.63) is 59.7 Å². The predicted molar refractivity (Wildman–Crippen MR) is 63.9 cm³/mol. The van der Waals surface area contributed by atoms with Gasteiger partial charge < -0.3 is 9.84 Å². The summed E-state index contributed by atoms with van der Waals surface area (Å²) >= 11 is 0. The molecule has 1 N–H and O–H groups in total. The molecule has 0 aliphatic rings. The van der Waals surface area contributed by atoms with E-state index in [9.17, 15) is 18.3 Å². The van der Waals surface area contributed by atoms with Crippen molar-refractivity contribution in [1.82, 2.24) is 0 Å². The molecule has 0 saturated heterocycles. The van der Waals surface area contributed by atoms with Crippen LogP contribution in [0.2, 0.25) is 0 Å². The number of alkyl halides is 3. The van der Waals surface area contributed by atoms with Crippen LogP contribution < -0.4 is 4.74 Å². The van der Waals surface area contributed by atoms with Crippen molar-refractivity contribution >= 4 is 0 Å². The van der Waals surface area contributed by atoms with Crippen LogP contribution in [-0.2, 0) is 12.8 Å². The fourth-order valence-electron chi connectivity index (χ4n) is 1.53.